The minimum Gasteiger partial charge on any atom is -0.334 e. The van der Waals surface area contributed by atoms with Crippen LogP contribution in [0.1, 0.15) is 119 Å². The molecule has 5 nitrogen and oxygen atoms in total. The molecule has 1 aromatic heterocycles. The number of hydroxylamine groups is 2. The van der Waals surface area contributed by atoms with E-state index in [0.29, 0.717) is 12.4 Å². The summed E-state index contributed by atoms with van der Waals surface area (Å²) in [5.41, 5.74) is 5.84. The van der Waals surface area contributed by atoms with Gasteiger partial charge in [0.15, 0.2) is 12.4 Å². The van der Waals surface area contributed by atoms with Crippen LogP contribution in [0.3, 0.4) is 0 Å². The highest BCUT2D eigenvalue weighted by Crippen LogP contribution is 2.34. The van der Waals surface area contributed by atoms with Crippen molar-refractivity contribution in [2.75, 3.05) is 6.54 Å². The molecule has 0 aliphatic heterocycles. The Morgan fingerprint density at radius 2 is 1.57 bits per heavy atom. The molecular weight excluding hydrogens is 458 g/mol. The molecule has 0 amide bonds. The van der Waals surface area contributed by atoms with Crippen LogP contribution >= 0.6 is 0 Å². The van der Waals surface area contributed by atoms with Crippen molar-refractivity contribution < 1.29 is 9.73 Å². The van der Waals surface area contributed by atoms with Crippen molar-refractivity contribution in [2.45, 2.75) is 110 Å². The molecule has 0 saturated heterocycles. The van der Waals surface area contributed by atoms with Crippen LogP contribution in [0.15, 0.2) is 47.0 Å². The molecule has 0 saturated carbocycles. The van der Waals surface area contributed by atoms with Gasteiger partial charge in [0.25, 0.3) is 5.89 Å². The van der Waals surface area contributed by atoms with Gasteiger partial charge in [-0.1, -0.05) is 93.8 Å². The molecular formula is C32H44N3O2+. The van der Waals surface area contributed by atoms with E-state index in [-0.39, 0.29) is 6.04 Å². The summed E-state index contributed by atoms with van der Waals surface area (Å²) in [6.45, 7) is 4.64. The van der Waals surface area contributed by atoms with E-state index in [1.807, 2.05) is 31.2 Å². The predicted molar refractivity (Wildman–Crippen MR) is 149 cm³/mol. The number of rotatable bonds is 15. The van der Waals surface area contributed by atoms with Crippen LogP contribution in [0, 0.1) is 0 Å². The minimum atomic E-state index is -0.294. The molecule has 1 aliphatic carbocycles. The van der Waals surface area contributed by atoms with Gasteiger partial charge in [0.2, 0.25) is 6.04 Å². The molecule has 1 atom stereocenters. The second-order valence-electron chi connectivity index (χ2n) is 10.5. The Morgan fingerprint density at radius 1 is 0.865 bits per heavy atom. The minimum absolute atomic E-state index is 0.294. The Morgan fingerprint density at radius 3 is 2.30 bits per heavy atom. The van der Waals surface area contributed by atoms with Gasteiger partial charge in [0.1, 0.15) is 0 Å². The summed E-state index contributed by atoms with van der Waals surface area (Å²) in [7, 11) is 0. The van der Waals surface area contributed by atoms with Crippen LogP contribution in [0.2, 0.25) is 0 Å². The van der Waals surface area contributed by atoms with Crippen molar-refractivity contribution in [3.8, 4) is 11.5 Å². The molecule has 1 unspecified atom stereocenters. The number of aromatic nitrogens is 2. The smallest absolute Gasteiger partial charge is 0.257 e. The molecule has 0 fully saturated rings. The SMILES string of the molecule is CCCCCCCCCCCc1noc(-c2ccc(C(c3cccc4c3CCCC4)[N+]([O])CC)cc2)n1. The van der Waals surface area contributed by atoms with E-state index in [1.54, 1.807) is 0 Å². The number of hydrogen-bond acceptors (Lipinski definition) is 4. The second kappa shape index (κ2) is 14.4. The van der Waals surface area contributed by atoms with Crippen molar-refractivity contribution in [3.63, 3.8) is 0 Å². The first kappa shape index (κ1) is 27.5. The quantitative estimate of drug-likeness (QED) is 0.119. The first-order chi connectivity index (χ1) is 18.2. The summed E-state index contributed by atoms with van der Waals surface area (Å²) in [4.78, 5) is 4.64. The van der Waals surface area contributed by atoms with Crippen molar-refractivity contribution in [3.05, 3.63) is 70.5 Å². The van der Waals surface area contributed by atoms with Crippen LogP contribution in [0.25, 0.3) is 11.5 Å². The molecule has 198 valence electrons. The Bertz CT molecular complexity index is 1080. The van der Waals surface area contributed by atoms with Crippen LogP contribution in [-0.4, -0.2) is 16.7 Å². The number of hydrogen-bond donors (Lipinski definition) is 0. The van der Waals surface area contributed by atoms with E-state index in [1.165, 1.54) is 80.4 Å². The third-order valence-corrected chi connectivity index (χ3v) is 7.77. The molecule has 4 rings (SSSR count). The molecule has 0 N–H and O–H groups in total. The molecule has 1 heterocycles. The normalized spacial score (nSPS) is 14.2. The maximum Gasteiger partial charge on any atom is 0.257 e. The standard InChI is InChI=1S/C32H44N3O2/c1-3-5-6-7-8-9-10-11-12-20-30-33-32(37-34-30)27-23-21-26(22-24-27)31(35(36)4-2)29-19-15-17-25-16-13-14-18-28(25)29/h15,17,19,21-24,31H,3-14,16,18,20H2,1-2H3/q+1. The summed E-state index contributed by atoms with van der Waals surface area (Å²) in [5, 5.41) is 18.5. The lowest BCUT2D eigenvalue weighted by molar-refractivity contribution is -0.0768. The van der Waals surface area contributed by atoms with Crippen LogP contribution in [0.5, 0.6) is 0 Å². The van der Waals surface area contributed by atoms with Gasteiger partial charge in [-0.3, -0.25) is 0 Å². The number of unbranched alkanes of at least 4 members (excludes halogenated alkanes) is 8. The van der Waals surface area contributed by atoms with Crippen LogP contribution < -0.4 is 5.06 Å². The zero-order valence-corrected chi connectivity index (χ0v) is 22.9. The average Bonchev–Trinajstić information content (AvgIpc) is 3.41. The molecule has 37 heavy (non-hydrogen) atoms. The summed E-state index contributed by atoms with van der Waals surface area (Å²) in [6.07, 6.45) is 17.2. The molecule has 0 bridgehead atoms. The Balaban J connectivity index is 1.35. The average molecular weight is 503 g/mol. The first-order valence-corrected chi connectivity index (χ1v) is 14.7. The Labute approximate surface area is 223 Å². The van der Waals surface area contributed by atoms with Gasteiger partial charge >= 0.3 is 0 Å². The number of aryl methyl sites for hydroxylation is 2. The van der Waals surface area contributed by atoms with Crippen molar-refractivity contribution in [1.82, 2.24) is 15.2 Å². The van der Waals surface area contributed by atoms with Gasteiger partial charge in [-0.25, -0.2) is 0 Å². The van der Waals surface area contributed by atoms with Gasteiger partial charge < -0.3 is 4.52 Å². The molecule has 1 aliphatic rings. The second-order valence-corrected chi connectivity index (χ2v) is 10.5. The van der Waals surface area contributed by atoms with Gasteiger partial charge in [0.05, 0.1) is 5.21 Å². The van der Waals surface area contributed by atoms with Crippen LogP contribution in [-0.2, 0) is 24.5 Å². The Hall–Kier alpha value is -2.50. The summed E-state index contributed by atoms with van der Waals surface area (Å²) >= 11 is 0. The van der Waals surface area contributed by atoms with Crippen LogP contribution in [0.4, 0.5) is 0 Å². The third kappa shape index (κ3) is 7.52. The van der Waals surface area contributed by atoms with E-state index in [9.17, 15) is 5.21 Å². The van der Waals surface area contributed by atoms with Crippen molar-refractivity contribution in [2.24, 2.45) is 0 Å². The van der Waals surface area contributed by atoms with E-state index < -0.39 is 0 Å². The largest absolute Gasteiger partial charge is 0.334 e. The van der Waals surface area contributed by atoms with Crippen molar-refractivity contribution in [1.29, 1.82) is 0 Å². The molecule has 2 aromatic carbocycles. The van der Waals surface area contributed by atoms with Gasteiger partial charge in [-0.05, 0) is 62.3 Å². The zero-order valence-electron chi connectivity index (χ0n) is 22.9. The lowest BCUT2D eigenvalue weighted by atomic mass is 9.84. The first-order valence-electron chi connectivity index (χ1n) is 14.7. The Kier molecular flexibility index (Phi) is 10.7. The van der Waals surface area contributed by atoms with Gasteiger partial charge in [-0.15, -0.1) is 0 Å². The summed E-state index contributed by atoms with van der Waals surface area (Å²) in [5.74, 6) is 1.34. The van der Waals surface area contributed by atoms with Gasteiger partial charge in [-0.2, -0.15) is 4.98 Å². The fraction of sp³-hybridized carbons (Fsp3) is 0.562. The molecule has 5 heteroatoms. The predicted octanol–water partition coefficient (Wildman–Crippen LogP) is 8.28. The highest BCUT2D eigenvalue weighted by Gasteiger charge is 2.34. The van der Waals surface area contributed by atoms with E-state index in [0.717, 1.165) is 48.2 Å². The highest BCUT2D eigenvalue weighted by molar-refractivity contribution is 5.54. The fourth-order valence-electron chi connectivity index (χ4n) is 5.63. The van der Waals surface area contributed by atoms with Crippen molar-refractivity contribution >= 4 is 0 Å². The zero-order chi connectivity index (χ0) is 25.9. The van der Waals surface area contributed by atoms with E-state index in [2.05, 4.69) is 35.3 Å². The monoisotopic (exact) mass is 502 g/mol. The highest BCUT2D eigenvalue weighted by atomic mass is 16.5. The number of nitrogens with zero attached hydrogens (tertiary/aromatic N) is 3. The van der Waals surface area contributed by atoms with Gasteiger partial charge in [0, 0.05) is 28.2 Å². The maximum absolute atomic E-state index is 13.1. The third-order valence-electron chi connectivity index (χ3n) is 7.77. The molecule has 2 radical (unpaired) electrons. The van der Waals surface area contributed by atoms with E-state index in [4.69, 9.17) is 4.52 Å². The summed E-state index contributed by atoms with van der Waals surface area (Å²) < 4.78 is 5.58. The lowest BCUT2D eigenvalue weighted by Gasteiger charge is -2.23. The van der Waals surface area contributed by atoms with E-state index >= 15 is 0 Å². The lowest BCUT2D eigenvalue weighted by Crippen LogP contribution is -2.31. The number of benzene rings is 2. The molecule has 3 aromatic rings. The topological polar surface area (TPSA) is 64.7 Å². The summed E-state index contributed by atoms with van der Waals surface area (Å²) in [6, 6.07) is 14.3. The maximum atomic E-state index is 13.1. The fourth-order valence-corrected chi connectivity index (χ4v) is 5.63. The molecule has 0 spiro atoms. The number of fused-ring (bicyclic) bond motifs is 1.